The SMILES string of the molecule is CCCCCC1CCC(C(C)C2CCC(c3ccc(OCCCC)c(F)c3F)CC2)CC1. The predicted molar refractivity (Wildman–Crippen MR) is 130 cm³/mol. The van der Waals surface area contributed by atoms with Gasteiger partial charge in [-0.3, -0.25) is 0 Å². The summed E-state index contributed by atoms with van der Waals surface area (Å²) in [6, 6.07) is 3.41. The van der Waals surface area contributed by atoms with E-state index in [0.29, 0.717) is 12.2 Å². The average molecular weight is 449 g/mol. The molecular formula is C29H46F2O. The first kappa shape index (κ1) is 25.5. The monoisotopic (exact) mass is 448 g/mol. The van der Waals surface area contributed by atoms with Crippen molar-refractivity contribution in [1.29, 1.82) is 0 Å². The van der Waals surface area contributed by atoms with Crippen molar-refractivity contribution in [3.05, 3.63) is 29.3 Å². The van der Waals surface area contributed by atoms with Gasteiger partial charge in [-0.05, 0) is 86.2 Å². The molecule has 0 aromatic heterocycles. The minimum Gasteiger partial charge on any atom is -0.490 e. The molecule has 0 aliphatic heterocycles. The summed E-state index contributed by atoms with van der Waals surface area (Å²) in [5.74, 6) is 2.07. The molecule has 1 aromatic rings. The van der Waals surface area contributed by atoms with Crippen molar-refractivity contribution >= 4 is 0 Å². The fourth-order valence-corrected chi connectivity index (χ4v) is 6.33. The van der Waals surface area contributed by atoms with Gasteiger partial charge in [-0.25, -0.2) is 4.39 Å². The Balaban J connectivity index is 1.47. The third kappa shape index (κ3) is 6.70. The molecule has 0 N–H and O–H groups in total. The van der Waals surface area contributed by atoms with E-state index < -0.39 is 11.6 Å². The normalized spacial score (nSPS) is 27.3. The second-order valence-corrected chi connectivity index (χ2v) is 10.7. The Hall–Kier alpha value is -1.12. The Kier molecular flexibility index (Phi) is 10.3. The molecule has 182 valence electrons. The van der Waals surface area contributed by atoms with Crippen molar-refractivity contribution in [1.82, 2.24) is 0 Å². The highest BCUT2D eigenvalue weighted by atomic mass is 19.2. The van der Waals surface area contributed by atoms with Gasteiger partial charge in [0.2, 0.25) is 5.82 Å². The van der Waals surface area contributed by atoms with Crippen LogP contribution in [0.25, 0.3) is 0 Å². The van der Waals surface area contributed by atoms with Gasteiger partial charge in [0.25, 0.3) is 0 Å². The molecular weight excluding hydrogens is 402 g/mol. The van der Waals surface area contributed by atoms with Crippen LogP contribution in [0.2, 0.25) is 0 Å². The highest BCUT2D eigenvalue weighted by Crippen LogP contribution is 2.45. The van der Waals surface area contributed by atoms with Gasteiger partial charge in [0.05, 0.1) is 6.61 Å². The molecule has 2 fully saturated rings. The Morgan fingerprint density at radius 3 is 2.06 bits per heavy atom. The number of benzene rings is 1. The lowest BCUT2D eigenvalue weighted by atomic mass is 9.66. The molecule has 0 amide bonds. The van der Waals surface area contributed by atoms with Gasteiger partial charge in [-0.2, -0.15) is 4.39 Å². The first-order valence-electron chi connectivity index (χ1n) is 13.7. The molecule has 2 aliphatic rings. The molecule has 0 spiro atoms. The highest BCUT2D eigenvalue weighted by Gasteiger charge is 2.33. The number of ether oxygens (including phenoxy) is 1. The quantitative estimate of drug-likeness (QED) is 0.306. The molecule has 0 saturated heterocycles. The van der Waals surface area contributed by atoms with Crippen LogP contribution in [0.3, 0.4) is 0 Å². The molecule has 1 aromatic carbocycles. The summed E-state index contributed by atoms with van der Waals surface area (Å²) in [6.45, 7) is 7.25. The first-order chi connectivity index (χ1) is 15.5. The van der Waals surface area contributed by atoms with Gasteiger partial charge >= 0.3 is 0 Å². The molecule has 2 saturated carbocycles. The summed E-state index contributed by atoms with van der Waals surface area (Å²) < 4.78 is 34.8. The Bertz CT molecular complexity index is 672. The number of halogens is 2. The van der Waals surface area contributed by atoms with Crippen molar-refractivity contribution in [3.63, 3.8) is 0 Å². The van der Waals surface area contributed by atoms with Crippen molar-refractivity contribution in [2.75, 3.05) is 6.61 Å². The zero-order valence-electron chi connectivity index (χ0n) is 20.8. The molecule has 2 aliphatic carbocycles. The summed E-state index contributed by atoms with van der Waals surface area (Å²) in [5, 5.41) is 0. The van der Waals surface area contributed by atoms with Crippen LogP contribution in [0.5, 0.6) is 5.75 Å². The summed E-state index contributed by atoms with van der Waals surface area (Å²) in [4.78, 5) is 0. The highest BCUT2D eigenvalue weighted by molar-refractivity contribution is 5.33. The van der Waals surface area contributed by atoms with Crippen LogP contribution in [0, 0.1) is 35.3 Å². The fourth-order valence-electron chi connectivity index (χ4n) is 6.33. The van der Waals surface area contributed by atoms with Crippen LogP contribution in [0.1, 0.15) is 122 Å². The number of hydrogen-bond acceptors (Lipinski definition) is 1. The molecule has 0 heterocycles. The summed E-state index contributed by atoms with van der Waals surface area (Å²) in [5.41, 5.74) is 0.559. The van der Waals surface area contributed by atoms with Gasteiger partial charge in [0, 0.05) is 0 Å². The lowest BCUT2D eigenvalue weighted by molar-refractivity contribution is 0.131. The van der Waals surface area contributed by atoms with E-state index >= 15 is 0 Å². The number of rotatable bonds is 11. The Morgan fingerprint density at radius 2 is 1.44 bits per heavy atom. The second kappa shape index (κ2) is 12.9. The third-order valence-electron chi connectivity index (χ3n) is 8.64. The molecule has 1 unspecified atom stereocenters. The molecule has 0 bridgehead atoms. The number of unbranched alkanes of at least 4 members (excludes halogenated alkanes) is 3. The van der Waals surface area contributed by atoms with Gasteiger partial charge in [0.1, 0.15) is 0 Å². The van der Waals surface area contributed by atoms with E-state index in [2.05, 4.69) is 20.8 Å². The summed E-state index contributed by atoms with van der Waals surface area (Å²) in [7, 11) is 0. The minimum atomic E-state index is -0.801. The van der Waals surface area contributed by atoms with E-state index in [0.717, 1.165) is 62.2 Å². The van der Waals surface area contributed by atoms with Gasteiger partial charge < -0.3 is 4.74 Å². The van der Waals surface area contributed by atoms with E-state index in [-0.39, 0.29) is 11.7 Å². The van der Waals surface area contributed by atoms with E-state index in [4.69, 9.17) is 4.74 Å². The molecule has 0 radical (unpaired) electrons. The smallest absolute Gasteiger partial charge is 0.200 e. The lowest BCUT2D eigenvalue weighted by Crippen LogP contribution is -2.28. The Labute approximate surface area is 195 Å². The van der Waals surface area contributed by atoms with Crippen LogP contribution < -0.4 is 4.74 Å². The minimum absolute atomic E-state index is 0.0623. The molecule has 1 nitrogen and oxygen atoms in total. The van der Waals surface area contributed by atoms with Crippen LogP contribution >= 0.6 is 0 Å². The van der Waals surface area contributed by atoms with Crippen LogP contribution in [0.4, 0.5) is 8.78 Å². The van der Waals surface area contributed by atoms with Crippen LogP contribution in [-0.2, 0) is 0 Å². The molecule has 1 atom stereocenters. The van der Waals surface area contributed by atoms with Crippen molar-refractivity contribution < 1.29 is 13.5 Å². The van der Waals surface area contributed by atoms with Crippen molar-refractivity contribution in [3.8, 4) is 5.75 Å². The van der Waals surface area contributed by atoms with E-state index in [1.165, 1.54) is 51.4 Å². The molecule has 32 heavy (non-hydrogen) atoms. The van der Waals surface area contributed by atoms with E-state index in [1.54, 1.807) is 12.1 Å². The second-order valence-electron chi connectivity index (χ2n) is 10.7. The zero-order valence-corrected chi connectivity index (χ0v) is 20.8. The summed E-state index contributed by atoms with van der Waals surface area (Å²) >= 11 is 0. The Morgan fingerprint density at radius 1 is 0.812 bits per heavy atom. The van der Waals surface area contributed by atoms with Gasteiger partial charge in [-0.15, -0.1) is 0 Å². The zero-order chi connectivity index (χ0) is 22.9. The average Bonchev–Trinajstić information content (AvgIpc) is 2.82. The van der Waals surface area contributed by atoms with E-state index in [9.17, 15) is 8.78 Å². The lowest BCUT2D eigenvalue weighted by Gasteiger charge is -2.39. The fraction of sp³-hybridized carbons (Fsp3) is 0.793. The number of hydrogen-bond donors (Lipinski definition) is 0. The predicted octanol–water partition coefficient (Wildman–Crippen LogP) is 9.44. The van der Waals surface area contributed by atoms with Gasteiger partial charge in [-0.1, -0.05) is 71.8 Å². The van der Waals surface area contributed by atoms with Crippen LogP contribution in [-0.4, -0.2) is 6.61 Å². The third-order valence-corrected chi connectivity index (χ3v) is 8.64. The van der Waals surface area contributed by atoms with E-state index in [1.807, 2.05) is 0 Å². The van der Waals surface area contributed by atoms with Crippen molar-refractivity contribution in [2.24, 2.45) is 23.7 Å². The van der Waals surface area contributed by atoms with Gasteiger partial charge in [0.15, 0.2) is 11.6 Å². The topological polar surface area (TPSA) is 9.23 Å². The largest absolute Gasteiger partial charge is 0.490 e. The maximum absolute atomic E-state index is 14.8. The standard InChI is InChI=1S/C29H46F2O/c1-4-6-8-9-22-10-12-23(13-11-22)21(3)24-14-16-25(17-15-24)26-18-19-27(29(31)28(26)30)32-20-7-5-2/h18-19,21-25H,4-17,20H2,1-3H3. The summed E-state index contributed by atoms with van der Waals surface area (Å²) in [6.07, 6.45) is 17.3. The molecule has 3 heteroatoms. The maximum Gasteiger partial charge on any atom is 0.200 e. The maximum atomic E-state index is 14.8. The first-order valence-corrected chi connectivity index (χ1v) is 13.7. The molecule has 3 rings (SSSR count). The van der Waals surface area contributed by atoms with Crippen molar-refractivity contribution in [2.45, 2.75) is 117 Å². The van der Waals surface area contributed by atoms with Crippen LogP contribution in [0.15, 0.2) is 12.1 Å².